The average Bonchev–Trinajstić information content (AvgIpc) is 3.02. The van der Waals surface area contributed by atoms with Gasteiger partial charge in [-0.2, -0.15) is 10.1 Å². The molecule has 0 bridgehead atoms. The first kappa shape index (κ1) is 16.1. The molecule has 6 heteroatoms. The van der Waals surface area contributed by atoms with Gasteiger partial charge < -0.3 is 10.2 Å². The molecule has 26 heavy (non-hydrogen) atoms. The fourth-order valence-electron chi connectivity index (χ4n) is 2.83. The Morgan fingerprint density at radius 3 is 2.65 bits per heavy atom. The molecule has 0 atom stereocenters. The van der Waals surface area contributed by atoms with Crippen LogP contribution >= 0.6 is 0 Å². The molecule has 0 fully saturated rings. The summed E-state index contributed by atoms with van der Waals surface area (Å²) < 4.78 is 1.82. The van der Waals surface area contributed by atoms with E-state index in [-0.39, 0.29) is 0 Å². The molecule has 0 spiro atoms. The third kappa shape index (κ3) is 3.21. The summed E-state index contributed by atoms with van der Waals surface area (Å²) in [6.45, 7) is 2.06. The summed E-state index contributed by atoms with van der Waals surface area (Å²) in [6.07, 6.45) is 3.77. The number of fused-ring (bicyclic) bond motifs is 1. The first-order valence-corrected chi connectivity index (χ1v) is 8.42. The molecule has 0 saturated heterocycles. The van der Waals surface area contributed by atoms with E-state index in [1.165, 1.54) is 5.56 Å². The Bertz CT molecular complexity index is 1050. The third-order valence-corrected chi connectivity index (χ3v) is 4.28. The molecule has 2 heterocycles. The Kier molecular flexibility index (Phi) is 4.01. The van der Waals surface area contributed by atoms with Gasteiger partial charge in [-0.3, -0.25) is 4.68 Å². The van der Waals surface area contributed by atoms with E-state index in [1.807, 2.05) is 48.1 Å². The van der Waals surface area contributed by atoms with Crippen LogP contribution in [-0.4, -0.2) is 26.8 Å². The van der Waals surface area contributed by atoms with E-state index in [0.29, 0.717) is 5.95 Å². The molecule has 0 aliphatic rings. The van der Waals surface area contributed by atoms with Crippen molar-refractivity contribution in [3.63, 3.8) is 0 Å². The van der Waals surface area contributed by atoms with Gasteiger partial charge in [0.15, 0.2) is 0 Å². The molecule has 4 rings (SSSR count). The minimum atomic E-state index is 0.567. The highest BCUT2D eigenvalue weighted by Gasteiger charge is 2.09. The average molecular weight is 344 g/mol. The van der Waals surface area contributed by atoms with Gasteiger partial charge >= 0.3 is 0 Å². The van der Waals surface area contributed by atoms with Gasteiger partial charge in [0.2, 0.25) is 5.95 Å². The summed E-state index contributed by atoms with van der Waals surface area (Å²) >= 11 is 0. The topological polar surface area (TPSA) is 58.9 Å². The van der Waals surface area contributed by atoms with Crippen LogP contribution in [-0.2, 0) is 7.05 Å². The number of anilines is 4. The number of benzene rings is 2. The molecule has 130 valence electrons. The Morgan fingerprint density at radius 2 is 1.85 bits per heavy atom. The number of rotatable bonds is 4. The van der Waals surface area contributed by atoms with E-state index in [4.69, 9.17) is 0 Å². The van der Waals surface area contributed by atoms with Crippen LogP contribution in [0.15, 0.2) is 60.9 Å². The van der Waals surface area contributed by atoms with Crippen molar-refractivity contribution in [1.29, 1.82) is 0 Å². The van der Waals surface area contributed by atoms with E-state index in [9.17, 15) is 0 Å². The van der Waals surface area contributed by atoms with Crippen LogP contribution in [0.1, 0.15) is 5.56 Å². The molecular formula is C20H20N6. The summed E-state index contributed by atoms with van der Waals surface area (Å²) in [5.41, 5.74) is 4.17. The van der Waals surface area contributed by atoms with Gasteiger partial charge in [-0.1, -0.05) is 17.7 Å². The molecule has 2 aromatic heterocycles. The molecule has 6 nitrogen and oxygen atoms in total. The van der Waals surface area contributed by atoms with Crippen LogP contribution in [0.3, 0.4) is 0 Å². The van der Waals surface area contributed by atoms with Crippen LogP contribution in [0.4, 0.5) is 23.1 Å². The molecule has 0 amide bonds. The second-order valence-corrected chi connectivity index (χ2v) is 6.33. The number of aryl methyl sites for hydroxylation is 2. The van der Waals surface area contributed by atoms with Crippen molar-refractivity contribution in [2.45, 2.75) is 6.92 Å². The van der Waals surface area contributed by atoms with E-state index < -0.39 is 0 Å². The van der Waals surface area contributed by atoms with E-state index in [2.05, 4.69) is 57.6 Å². The summed E-state index contributed by atoms with van der Waals surface area (Å²) in [5, 5.41) is 8.84. The number of nitrogens with zero attached hydrogens (tertiary/aromatic N) is 5. The summed E-state index contributed by atoms with van der Waals surface area (Å²) in [4.78, 5) is 11.0. The predicted octanol–water partition coefficient (Wildman–Crippen LogP) is 4.18. The quantitative estimate of drug-likeness (QED) is 0.602. The summed E-state index contributed by atoms with van der Waals surface area (Å²) in [6, 6.07) is 16.2. The molecule has 1 N–H and O–H groups in total. The van der Waals surface area contributed by atoms with Crippen molar-refractivity contribution < 1.29 is 0 Å². The van der Waals surface area contributed by atoms with E-state index in [1.54, 1.807) is 6.20 Å². The standard InChI is InChI=1S/C20H20N6/c1-14-4-7-16(8-5-14)22-20-21-11-10-19(23-20)26(3)17-9-6-15-13-25(2)24-18(15)12-17/h4-13H,1-3H3,(H,21,22,23). The Morgan fingerprint density at radius 1 is 1.04 bits per heavy atom. The molecule has 0 unspecified atom stereocenters. The molecule has 0 aliphatic heterocycles. The normalized spacial score (nSPS) is 10.9. The fourth-order valence-corrected chi connectivity index (χ4v) is 2.83. The minimum absolute atomic E-state index is 0.567. The molecule has 4 aromatic rings. The number of aromatic nitrogens is 4. The first-order chi connectivity index (χ1) is 12.6. The van der Waals surface area contributed by atoms with Crippen molar-refractivity contribution in [2.75, 3.05) is 17.3 Å². The van der Waals surface area contributed by atoms with Gasteiger partial charge in [-0.25, -0.2) is 4.98 Å². The lowest BCUT2D eigenvalue weighted by Gasteiger charge is -2.18. The smallest absolute Gasteiger partial charge is 0.229 e. The van der Waals surface area contributed by atoms with Crippen LogP contribution < -0.4 is 10.2 Å². The highest BCUT2D eigenvalue weighted by Crippen LogP contribution is 2.26. The Labute approximate surface area is 152 Å². The lowest BCUT2D eigenvalue weighted by atomic mass is 10.2. The monoisotopic (exact) mass is 344 g/mol. The zero-order valence-corrected chi connectivity index (χ0v) is 15.0. The number of hydrogen-bond donors (Lipinski definition) is 1. The van der Waals surface area contributed by atoms with Crippen molar-refractivity contribution in [2.24, 2.45) is 7.05 Å². The van der Waals surface area contributed by atoms with Gasteiger partial charge in [0.1, 0.15) is 5.82 Å². The Hall–Kier alpha value is -3.41. The third-order valence-electron chi connectivity index (χ3n) is 4.28. The van der Waals surface area contributed by atoms with Crippen molar-refractivity contribution in [1.82, 2.24) is 19.7 Å². The zero-order chi connectivity index (χ0) is 18.1. The highest BCUT2D eigenvalue weighted by molar-refractivity contribution is 5.83. The maximum Gasteiger partial charge on any atom is 0.229 e. The van der Waals surface area contributed by atoms with Crippen LogP contribution in [0.5, 0.6) is 0 Å². The van der Waals surface area contributed by atoms with Crippen LogP contribution in [0, 0.1) is 6.92 Å². The maximum atomic E-state index is 4.63. The lowest BCUT2D eigenvalue weighted by molar-refractivity contribution is 0.780. The SMILES string of the molecule is Cc1ccc(Nc2nccc(N(C)c3ccc4cn(C)nc4c3)n2)cc1. The number of hydrogen-bond acceptors (Lipinski definition) is 5. The first-order valence-electron chi connectivity index (χ1n) is 8.42. The second kappa shape index (κ2) is 6.48. The predicted molar refractivity (Wildman–Crippen MR) is 105 cm³/mol. The second-order valence-electron chi connectivity index (χ2n) is 6.33. The highest BCUT2D eigenvalue weighted by atomic mass is 15.2. The minimum Gasteiger partial charge on any atom is -0.329 e. The van der Waals surface area contributed by atoms with Gasteiger partial charge in [0.25, 0.3) is 0 Å². The van der Waals surface area contributed by atoms with Crippen LogP contribution in [0.25, 0.3) is 10.9 Å². The largest absolute Gasteiger partial charge is 0.329 e. The van der Waals surface area contributed by atoms with Gasteiger partial charge in [0.05, 0.1) is 5.52 Å². The zero-order valence-electron chi connectivity index (χ0n) is 15.0. The van der Waals surface area contributed by atoms with Crippen LogP contribution in [0.2, 0.25) is 0 Å². The fraction of sp³-hybridized carbons (Fsp3) is 0.150. The molecule has 0 saturated carbocycles. The summed E-state index contributed by atoms with van der Waals surface area (Å²) in [5.74, 6) is 1.38. The Balaban J connectivity index is 1.60. The number of nitrogens with one attached hydrogen (secondary N) is 1. The van der Waals surface area contributed by atoms with E-state index in [0.717, 1.165) is 28.1 Å². The van der Waals surface area contributed by atoms with E-state index >= 15 is 0 Å². The molecule has 2 aromatic carbocycles. The van der Waals surface area contributed by atoms with Gasteiger partial charge in [-0.15, -0.1) is 0 Å². The van der Waals surface area contributed by atoms with Gasteiger partial charge in [-0.05, 0) is 43.3 Å². The van der Waals surface area contributed by atoms with Crippen molar-refractivity contribution in [3.8, 4) is 0 Å². The molecule has 0 radical (unpaired) electrons. The van der Waals surface area contributed by atoms with Crippen molar-refractivity contribution in [3.05, 3.63) is 66.5 Å². The van der Waals surface area contributed by atoms with Crippen molar-refractivity contribution >= 4 is 34.0 Å². The maximum absolute atomic E-state index is 4.63. The summed E-state index contributed by atoms with van der Waals surface area (Å²) in [7, 11) is 3.92. The molecule has 0 aliphatic carbocycles. The lowest BCUT2D eigenvalue weighted by Crippen LogP contribution is -2.12. The molecular weight excluding hydrogens is 324 g/mol. The van der Waals surface area contributed by atoms with Gasteiger partial charge in [0, 0.05) is 43.3 Å².